The van der Waals surface area contributed by atoms with Gasteiger partial charge in [-0.25, -0.2) is 4.39 Å². The third kappa shape index (κ3) is 3.49. The molecule has 1 N–H and O–H groups in total. The van der Waals surface area contributed by atoms with E-state index in [2.05, 4.69) is 5.32 Å². The molecular formula is C19H15ClFNO2. The Balaban J connectivity index is 1.76. The van der Waals surface area contributed by atoms with Crippen LogP contribution >= 0.6 is 11.6 Å². The number of nitrogens with one attached hydrogen (secondary N) is 1. The molecule has 0 spiro atoms. The average molecular weight is 344 g/mol. The number of carbonyl (C=O) groups is 1. The number of hydrogen-bond donors (Lipinski definition) is 1. The first-order valence-electron chi connectivity index (χ1n) is 7.45. The number of carbonyl (C=O) groups excluding carboxylic acids is 1. The fourth-order valence-electron chi connectivity index (χ4n) is 2.38. The average Bonchev–Trinajstić information content (AvgIpc) is 2.57. The van der Waals surface area contributed by atoms with Crippen molar-refractivity contribution in [3.8, 4) is 5.75 Å². The zero-order valence-corrected chi connectivity index (χ0v) is 13.7. The molecule has 122 valence electrons. The van der Waals surface area contributed by atoms with E-state index in [0.29, 0.717) is 5.69 Å². The minimum Gasteiger partial charge on any atom is -0.479 e. The Kier molecular flexibility index (Phi) is 4.67. The van der Waals surface area contributed by atoms with Crippen molar-refractivity contribution in [2.45, 2.75) is 13.0 Å². The lowest BCUT2D eigenvalue weighted by Crippen LogP contribution is -2.30. The zero-order chi connectivity index (χ0) is 17.1. The van der Waals surface area contributed by atoms with Gasteiger partial charge >= 0.3 is 0 Å². The highest BCUT2D eigenvalue weighted by Crippen LogP contribution is 2.27. The molecule has 0 aliphatic carbocycles. The van der Waals surface area contributed by atoms with Gasteiger partial charge in [0, 0.05) is 11.1 Å². The fraction of sp³-hybridized carbons (Fsp3) is 0.105. The fourth-order valence-corrected chi connectivity index (χ4v) is 2.60. The molecule has 0 unspecified atom stereocenters. The van der Waals surface area contributed by atoms with Crippen LogP contribution in [0.3, 0.4) is 0 Å². The van der Waals surface area contributed by atoms with Crippen molar-refractivity contribution in [3.63, 3.8) is 0 Å². The maximum atomic E-state index is 13.1. The lowest BCUT2D eigenvalue weighted by Gasteiger charge is -2.16. The van der Waals surface area contributed by atoms with Gasteiger partial charge < -0.3 is 10.1 Å². The van der Waals surface area contributed by atoms with Crippen molar-refractivity contribution in [2.75, 3.05) is 5.32 Å². The molecule has 24 heavy (non-hydrogen) atoms. The second kappa shape index (κ2) is 6.89. The Morgan fingerprint density at radius 2 is 1.88 bits per heavy atom. The lowest BCUT2D eigenvalue weighted by molar-refractivity contribution is -0.122. The number of fused-ring (bicyclic) bond motifs is 1. The van der Waals surface area contributed by atoms with E-state index in [9.17, 15) is 9.18 Å². The van der Waals surface area contributed by atoms with Crippen LogP contribution in [0, 0.1) is 5.82 Å². The van der Waals surface area contributed by atoms with E-state index in [4.69, 9.17) is 16.3 Å². The van der Waals surface area contributed by atoms with Crippen LogP contribution < -0.4 is 10.1 Å². The van der Waals surface area contributed by atoms with Crippen molar-refractivity contribution in [1.29, 1.82) is 0 Å². The Hall–Kier alpha value is -2.59. The molecule has 3 aromatic rings. The Morgan fingerprint density at radius 1 is 1.12 bits per heavy atom. The van der Waals surface area contributed by atoms with Crippen LogP contribution in [0.5, 0.6) is 5.75 Å². The van der Waals surface area contributed by atoms with Crippen LogP contribution in [0.15, 0.2) is 60.7 Å². The molecule has 3 rings (SSSR count). The van der Waals surface area contributed by atoms with Gasteiger partial charge in [-0.1, -0.05) is 48.0 Å². The molecule has 1 amide bonds. The van der Waals surface area contributed by atoms with Crippen molar-refractivity contribution < 1.29 is 13.9 Å². The summed E-state index contributed by atoms with van der Waals surface area (Å²) in [6.45, 7) is 1.61. The van der Waals surface area contributed by atoms with E-state index in [1.807, 2.05) is 42.5 Å². The number of rotatable bonds is 4. The number of ether oxygens (including phenoxy) is 1. The topological polar surface area (TPSA) is 38.3 Å². The summed E-state index contributed by atoms with van der Waals surface area (Å²) < 4.78 is 18.6. The summed E-state index contributed by atoms with van der Waals surface area (Å²) in [6, 6.07) is 17.2. The van der Waals surface area contributed by atoms with Crippen molar-refractivity contribution in [2.24, 2.45) is 0 Å². The van der Waals surface area contributed by atoms with E-state index in [1.165, 1.54) is 12.1 Å². The third-order valence-electron chi connectivity index (χ3n) is 3.61. The van der Waals surface area contributed by atoms with E-state index >= 15 is 0 Å². The monoisotopic (exact) mass is 343 g/mol. The molecule has 0 aromatic heterocycles. The summed E-state index contributed by atoms with van der Waals surface area (Å²) in [7, 11) is 0. The number of benzene rings is 3. The van der Waals surface area contributed by atoms with Crippen LogP contribution in [0.4, 0.5) is 10.1 Å². The summed E-state index contributed by atoms with van der Waals surface area (Å²) in [4.78, 5) is 12.4. The zero-order valence-electron chi connectivity index (χ0n) is 12.9. The van der Waals surface area contributed by atoms with Gasteiger partial charge in [-0.15, -0.1) is 0 Å². The first-order chi connectivity index (χ1) is 11.5. The number of halogens is 2. The van der Waals surface area contributed by atoms with Gasteiger partial charge in [0.1, 0.15) is 11.6 Å². The predicted octanol–water partition coefficient (Wildman–Crippen LogP) is 5.04. The smallest absolute Gasteiger partial charge is 0.265 e. The second-order valence-electron chi connectivity index (χ2n) is 5.35. The van der Waals surface area contributed by atoms with Crippen molar-refractivity contribution in [1.82, 2.24) is 0 Å². The summed E-state index contributed by atoms with van der Waals surface area (Å²) in [5.74, 6) is -0.509. The van der Waals surface area contributed by atoms with Gasteiger partial charge in [0.2, 0.25) is 0 Å². The van der Waals surface area contributed by atoms with E-state index in [1.54, 1.807) is 6.92 Å². The van der Waals surface area contributed by atoms with E-state index in [0.717, 1.165) is 16.8 Å². The summed E-state index contributed by atoms with van der Waals surface area (Å²) >= 11 is 5.92. The maximum Gasteiger partial charge on any atom is 0.265 e. The highest BCUT2D eigenvalue weighted by Gasteiger charge is 2.17. The van der Waals surface area contributed by atoms with Gasteiger partial charge in [-0.2, -0.15) is 0 Å². The van der Waals surface area contributed by atoms with Gasteiger partial charge in [0.05, 0.1) is 5.02 Å². The first-order valence-corrected chi connectivity index (χ1v) is 7.83. The first kappa shape index (κ1) is 16.3. The predicted molar refractivity (Wildman–Crippen MR) is 94.1 cm³/mol. The Morgan fingerprint density at radius 3 is 2.67 bits per heavy atom. The summed E-state index contributed by atoms with van der Waals surface area (Å²) in [5, 5.41) is 4.96. The molecule has 5 heteroatoms. The molecule has 0 aliphatic rings. The second-order valence-corrected chi connectivity index (χ2v) is 5.76. The summed E-state index contributed by atoms with van der Waals surface area (Å²) in [6.07, 6.45) is -0.785. The minimum absolute atomic E-state index is 0.125. The van der Waals surface area contributed by atoms with Crippen LogP contribution in [0.25, 0.3) is 10.8 Å². The highest BCUT2D eigenvalue weighted by atomic mass is 35.5. The van der Waals surface area contributed by atoms with Gasteiger partial charge in [-0.05, 0) is 36.6 Å². The van der Waals surface area contributed by atoms with E-state index < -0.39 is 11.9 Å². The normalized spacial score (nSPS) is 12.0. The van der Waals surface area contributed by atoms with Crippen LogP contribution in [0.1, 0.15) is 6.92 Å². The molecular weight excluding hydrogens is 329 g/mol. The number of amides is 1. The SMILES string of the molecule is C[C@@H](Oc1ccc(F)cc1Cl)C(=O)Nc1cccc2ccccc12. The van der Waals surface area contributed by atoms with Crippen LogP contribution in [-0.4, -0.2) is 12.0 Å². The Labute approximate surface area is 144 Å². The molecule has 0 radical (unpaired) electrons. The highest BCUT2D eigenvalue weighted by molar-refractivity contribution is 6.32. The number of hydrogen-bond acceptors (Lipinski definition) is 2. The molecule has 0 saturated carbocycles. The molecule has 0 fully saturated rings. The molecule has 1 atom stereocenters. The molecule has 0 heterocycles. The van der Waals surface area contributed by atoms with Crippen molar-refractivity contribution in [3.05, 3.63) is 71.5 Å². The molecule has 0 saturated heterocycles. The third-order valence-corrected chi connectivity index (χ3v) is 3.91. The van der Waals surface area contributed by atoms with Crippen molar-refractivity contribution >= 4 is 34.0 Å². The Bertz CT molecular complexity index is 892. The van der Waals surface area contributed by atoms with Gasteiger partial charge in [0.25, 0.3) is 5.91 Å². The van der Waals surface area contributed by atoms with Gasteiger partial charge in [-0.3, -0.25) is 4.79 Å². The largest absolute Gasteiger partial charge is 0.479 e. The number of anilines is 1. The molecule has 3 aromatic carbocycles. The lowest BCUT2D eigenvalue weighted by atomic mass is 10.1. The quantitative estimate of drug-likeness (QED) is 0.720. The molecule has 3 nitrogen and oxygen atoms in total. The molecule has 0 bridgehead atoms. The standard InChI is InChI=1S/C19H15ClFNO2/c1-12(24-18-10-9-14(21)11-16(18)20)19(23)22-17-8-4-6-13-5-2-3-7-15(13)17/h2-12H,1H3,(H,22,23)/t12-/m1/s1. The van der Waals surface area contributed by atoms with E-state index in [-0.39, 0.29) is 16.7 Å². The summed E-state index contributed by atoms with van der Waals surface area (Å²) in [5.41, 5.74) is 0.707. The maximum absolute atomic E-state index is 13.1. The van der Waals surface area contributed by atoms with Crippen LogP contribution in [-0.2, 0) is 4.79 Å². The van der Waals surface area contributed by atoms with Gasteiger partial charge in [0.15, 0.2) is 6.10 Å². The minimum atomic E-state index is -0.785. The van der Waals surface area contributed by atoms with Crippen LogP contribution in [0.2, 0.25) is 5.02 Å². The molecule has 0 aliphatic heterocycles.